The Morgan fingerprint density at radius 2 is 1.83 bits per heavy atom. The third-order valence-corrected chi connectivity index (χ3v) is 4.99. The van der Waals surface area contributed by atoms with Crippen molar-refractivity contribution in [3.8, 4) is 5.75 Å². The van der Waals surface area contributed by atoms with Crippen molar-refractivity contribution in [2.75, 3.05) is 11.5 Å². The van der Waals surface area contributed by atoms with Gasteiger partial charge in [0.05, 0.1) is 5.92 Å². The molecule has 2 aliphatic rings. The first-order valence-corrected chi connectivity index (χ1v) is 8.35. The summed E-state index contributed by atoms with van der Waals surface area (Å²) in [5.74, 6) is 1.02. The molecule has 0 N–H and O–H groups in total. The lowest BCUT2D eigenvalue weighted by Gasteiger charge is -2.38. The zero-order valence-corrected chi connectivity index (χ0v) is 13.4. The summed E-state index contributed by atoms with van der Waals surface area (Å²) < 4.78 is 5.82. The Bertz CT molecular complexity index is 740. The van der Waals surface area contributed by atoms with Crippen molar-refractivity contribution in [2.45, 2.75) is 32.2 Å². The van der Waals surface area contributed by atoms with Crippen LogP contribution in [0.1, 0.15) is 24.5 Å². The molecular formula is C20H21NO2. The second-order valence-corrected chi connectivity index (χ2v) is 6.54. The second-order valence-electron chi connectivity index (χ2n) is 6.54. The molecule has 0 saturated heterocycles. The van der Waals surface area contributed by atoms with E-state index in [1.54, 1.807) is 0 Å². The molecule has 2 unspecified atom stereocenters. The van der Waals surface area contributed by atoms with Gasteiger partial charge >= 0.3 is 0 Å². The fourth-order valence-electron chi connectivity index (χ4n) is 3.71. The molecule has 0 radical (unpaired) electrons. The first-order valence-electron chi connectivity index (χ1n) is 8.35. The first-order chi connectivity index (χ1) is 11.2. The van der Waals surface area contributed by atoms with E-state index >= 15 is 0 Å². The lowest BCUT2D eigenvalue weighted by molar-refractivity contribution is -0.124. The monoisotopic (exact) mass is 307 g/mol. The van der Waals surface area contributed by atoms with Gasteiger partial charge in [0.25, 0.3) is 0 Å². The number of amides is 1. The van der Waals surface area contributed by atoms with Gasteiger partial charge in [0, 0.05) is 11.7 Å². The van der Waals surface area contributed by atoms with Crippen LogP contribution in [0.25, 0.3) is 0 Å². The van der Waals surface area contributed by atoms with Crippen LogP contribution in [0, 0.1) is 5.92 Å². The highest BCUT2D eigenvalue weighted by molar-refractivity contribution is 5.97. The van der Waals surface area contributed by atoms with E-state index in [-0.39, 0.29) is 17.9 Å². The van der Waals surface area contributed by atoms with E-state index in [1.165, 1.54) is 5.56 Å². The van der Waals surface area contributed by atoms with Gasteiger partial charge in [0.15, 0.2) is 0 Å². The van der Waals surface area contributed by atoms with Gasteiger partial charge in [-0.15, -0.1) is 0 Å². The zero-order chi connectivity index (χ0) is 15.8. The van der Waals surface area contributed by atoms with E-state index in [0.717, 1.165) is 36.3 Å². The molecule has 4 rings (SSSR count). The Morgan fingerprint density at radius 1 is 1.09 bits per heavy atom. The van der Waals surface area contributed by atoms with Gasteiger partial charge in [-0.25, -0.2) is 0 Å². The van der Waals surface area contributed by atoms with Crippen LogP contribution in [0.4, 0.5) is 5.69 Å². The quantitative estimate of drug-likeness (QED) is 0.805. The van der Waals surface area contributed by atoms with Crippen molar-refractivity contribution in [3.63, 3.8) is 0 Å². The van der Waals surface area contributed by atoms with Crippen molar-refractivity contribution < 1.29 is 9.53 Å². The van der Waals surface area contributed by atoms with Crippen LogP contribution in [0.3, 0.4) is 0 Å². The molecule has 0 bridgehead atoms. The number of benzene rings is 2. The standard InChI is InChI=1S/C20H21NO2/c1-14-10-11-15-6-2-4-8-18(15)21(14)20(22)17-12-16-7-3-5-9-19(16)23-13-17/h2-9,14,17H,10-13H2,1H3. The molecule has 1 amide bonds. The van der Waals surface area contributed by atoms with Crippen LogP contribution in [-0.4, -0.2) is 18.6 Å². The number of hydrogen-bond donors (Lipinski definition) is 0. The van der Waals surface area contributed by atoms with Gasteiger partial charge in [-0.3, -0.25) is 4.79 Å². The van der Waals surface area contributed by atoms with Gasteiger partial charge in [-0.1, -0.05) is 36.4 Å². The number of rotatable bonds is 1. The van der Waals surface area contributed by atoms with Crippen LogP contribution in [0.15, 0.2) is 48.5 Å². The molecule has 118 valence electrons. The Labute approximate surface area is 136 Å². The molecule has 23 heavy (non-hydrogen) atoms. The highest BCUT2D eigenvalue weighted by Crippen LogP contribution is 2.34. The average Bonchev–Trinajstić information content (AvgIpc) is 2.60. The third kappa shape index (κ3) is 2.50. The van der Waals surface area contributed by atoms with Crippen LogP contribution in [0.5, 0.6) is 5.75 Å². The molecule has 0 aromatic heterocycles. The Hall–Kier alpha value is -2.29. The minimum atomic E-state index is -0.0986. The van der Waals surface area contributed by atoms with E-state index in [1.807, 2.05) is 29.2 Å². The predicted molar refractivity (Wildman–Crippen MR) is 90.8 cm³/mol. The Balaban J connectivity index is 1.63. The summed E-state index contributed by atoms with van der Waals surface area (Å²) in [5.41, 5.74) is 3.49. The molecule has 2 aliphatic heterocycles. The maximum Gasteiger partial charge on any atom is 0.234 e. The van der Waals surface area contributed by atoms with E-state index in [0.29, 0.717) is 6.61 Å². The summed E-state index contributed by atoms with van der Waals surface area (Å²) in [6.07, 6.45) is 2.83. The average molecular weight is 307 g/mol. The Kier molecular flexibility index (Phi) is 3.56. The maximum absolute atomic E-state index is 13.2. The number of anilines is 1. The molecule has 0 saturated carbocycles. The summed E-state index contributed by atoms with van der Waals surface area (Å²) in [6, 6.07) is 16.5. The molecule has 3 heteroatoms. The smallest absolute Gasteiger partial charge is 0.234 e. The number of carbonyl (C=O) groups excluding carboxylic acids is 1. The fourth-order valence-corrected chi connectivity index (χ4v) is 3.71. The zero-order valence-electron chi connectivity index (χ0n) is 13.4. The summed E-state index contributed by atoms with van der Waals surface area (Å²) in [6.45, 7) is 2.62. The summed E-state index contributed by atoms with van der Waals surface area (Å²) in [7, 11) is 0. The maximum atomic E-state index is 13.2. The number of carbonyl (C=O) groups is 1. The van der Waals surface area contributed by atoms with Crippen molar-refractivity contribution in [1.82, 2.24) is 0 Å². The highest BCUT2D eigenvalue weighted by atomic mass is 16.5. The molecule has 0 aliphatic carbocycles. The van der Waals surface area contributed by atoms with Crippen molar-refractivity contribution in [3.05, 3.63) is 59.7 Å². The molecular weight excluding hydrogens is 286 g/mol. The van der Waals surface area contributed by atoms with E-state index in [2.05, 4.69) is 31.2 Å². The summed E-state index contributed by atoms with van der Waals surface area (Å²) >= 11 is 0. The van der Waals surface area contributed by atoms with Gasteiger partial charge in [0.2, 0.25) is 5.91 Å². The van der Waals surface area contributed by atoms with Crippen molar-refractivity contribution >= 4 is 11.6 Å². The number of ether oxygens (including phenoxy) is 1. The van der Waals surface area contributed by atoms with Gasteiger partial charge in [0.1, 0.15) is 12.4 Å². The van der Waals surface area contributed by atoms with Gasteiger partial charge in [-0.2, -0.15) is 0 Å². The molecule has 3 nitrogen and oxygen atoms in total. The minimum Gasteiger partial charge on any atom is -0.492 e. The third-order valence-electron chi connectivity index (χ3n) is 4.99. The Morgan fingerprint density at radius 3 is 2.70 bits per heavy atom. The largest absolute Gasteiger partial charge is 0.492 e. The lowest BCUT2D eigenvalue weighted by atomic mass is 9.91. The molecule has 0 spiro atoms. The van der Waals surface area contributed by atoms with Crippen molar-refractivity contribution in [1.29, 1.82) is 0 Å². The van der Waals surface area contributed by atoms with E-state index in [4.69, 9.17) is 4.74 Å². The molecule has 2 heterocycles. The van der Waals surface area contributed by atoms with E-state index < -0.39 is 0 Å². The van der Waals surface area contributed by atoms with Crippen LogP contribution < -0.4 is 9.64 Å². The topological polar surface area (TPSA) is 29.5 Å². The highest BCUT2D eigenvalue weighted by Gasteiger charge is 2.34. The number of hydrogen-bond acceptors (Lipinski definition) is 2. The van der Waals surface area contributed by atoms with Gasteiger partial charge < -0.3 is 9.64 Å². The fraction of sp³-hybridized carbons (Fsp3) is 0.350. The van der Waals surface area contributed by atoms with E-state index in [9.17, 15) is 4.79 Å². The molecule has 2 aromatic carbocycles. The molecule has 2 aromatic rings. The summed E-state index contributed by atoms with van der Waals surface area (Å²) in [4.78, 5) is 15.2. The normalized spacial score (nSPS) is 22.7. The minimum absolute atomic E-state index is 0.0986. The summed E-state index contributed by atoms with van der Waals surface area (Å²) in [5, 5.41) is 0. The SMILES string of the molecule is CC1CCc2ccccc2N1C(=O)C1COc2ccccc2C1. The molecule has 0 fully saturated rings. The predicted octanol–water partition coefficient (Wildman–Crippen LogP) is 3.61. The van der Waals surface area contributed by atoms with Crippen LogP contribution in [-0.2, 0) is 17.6 Å². The van der Waals surface area contributed by atoms with Crippen LogP contribution >= 0.6 is 0 Å². The van der Waals surface area contributed by atoms with Crippen LogP contribution in [0.2, 0.25) is 0 Å². The number of aryl methyl sites for hydroxylation is 1. The second kappa shape index (κ2) is 5.73. The lowest BCUT2D eigenvalue weighted by Crippen LogP contribution is -2.47. The first kappa shape index (κ1) is 14.3. The van der Waals surface area contributed by atoms with Crippen molar-refractivity contribution in [2.24, 2.45) is 5.92 Å². The molecule has 2 atom stereocenters. The number of fused-ring (bicyclic) bond motifs is 2. The van der Waals surface area contributed by atoms with Gasteiger partial charge in [-0.05, 0) is 49.4 Å². The number of para-hydroxylation sites is 2. The number of nitrogens with zero attached hydrogens (tertiary/aromatic N) is 1.